The molecule has 0 radical (unpaired) electrons. The second-order valence-electron chi connectivity index (χ2n) is 7.92. The van der Waals surface area contributed by atoms with E-state index in [9.17, 15) is 4.39 Å². The highest BCUT2D eigenvalue weighted by Crippen LogP contribution is 2.47. The molecule has 1 aliphatic carbocycles. The molecule has 2 fully saturated rings. The van der Waals surface area contributed by atoms with Crippen molar-refractivity contribution in [3.8, 4) is 0 Å². The van der Waals surface area contributed by atoms with Crippen molar-refractivity contribution >= 4 is 22.8 Å². The second-order valence-corrected chi connectivity index (χ2v) is 7.92. The first-order valence-corrected chi connectivity index (χ1v) is 9.76. The number of nitrogens with zero attached hydrogens (tertiary/aromatic N) is 4. The van der Waals surface area contributed by atoms with Crippen LogP contribution in [0.15, 0.2) is 23.2 Å². The highest BCUT2D eigenvalue weighted by molar-refractivity contribution is 5.92. The van der Waals surface area contributed by atoms with Crippen molar-refractivity contribution in [1.82, 2.24) is 14.9 Å². The van der Waals surface area contributed by atoms with Crippen molar-refractivity contribution in [2.75, 3.05) is 31.5 Å². The molecule has 4 rings (SSSR count). The number of likely N-dealkylation sites (tertiary alicyclic amines) is 1. The summed E-state index contributed by atoms with van der Waals surface area (Å²) in [6, 6.07) is 4.50. The van der Waals surface area contributed by atoms with Crippen LogP contribution in [0, 0.1) is 18.2 Å². The van der Waals surface area contributed by atoms with E-state index in [0.717, 1.165) is 24.0 Å². The Morgan fingerprint density at radius 1 is 1.33 bits per heavy atom. The van der Waals surface area contributed by atoms with Crippen molar-refractivity contribution < 1.29 is 4.39 Å². The summed E-state index contributed by atoms with van der Waals surface area (Å²) < 4.78 is 13.4. The number of aryl methyl sites for hydroxylation is 1. The molecule has 0 atom stereocenters. The molecule has 27 heavy (non-hydrogen) atoms. The molecule has 1 saturated heterocycles. The normalized spacial score (nSPS) is 19.6. The zero-order chi connectivity index (χ0) is 18.9. The summed E-state index contributed by atoms with van der Waals surface area (Å²) in [7, 11) is 0. The van der Waals surface area contributed by atoms with Crippen LogP contribution in [0.25, 0.3) is 10.9 Å². The van der Waals surface area contributed by atoms with E-state index in [1.807, 2.05) is 6.92 Å². The fraction of sp³-hybridized carbons (Fsp3) is 0.550. The van der Waals surface area contributed by atoms with Gasteiger partial charge in [-0.15, -0.1) is 0 Å². The van der Waals surface area contributed by atoms with Gasteiger partial charge in [-0.05, 0) is 63.2 Å². The van der Waals surface area contributed by atoms with Crippen LogP contribution in [0.3, 0.4) is 0 Å². The first-order chi connectivity index (χ1) is 13.0. The number of hydrogen-bond donors (Lipinski definition) is 2. The SMILES string of the molecule is Cc1nc(NC(N)=NCCCN2CCC3(CCC3)C2)nc2cc(F)ccc12. The fourth-order valence-corrected chi connectivity index (χ4v) is 4.27. The maximum atomic E-state index is 13.4. The van der Waals surface area contributed by atoms with Crippen LogP contribution in [0.5, 0.6) is 0 Å². The van der Waals surface area contributed by atoms with Gasteiger partial charge in [0.2, 0.25) is 5.95 Å². The minimum absolute atomic E-state index is 0.294. The van der Waals surface area contributed by atoms with Gasteiger partial charge in [0, 0.05) is 24.5 Å². The third-order valence-corrected chi connectivity index (χ3v) is 5.94. The molecule has 7 heteroatoms. The van der Waals surface area contributed by atoms with Gasteiger partial charge in [0.1, 0.15) is 5.82 Å². The van der Waals surface area contributed by atoms with Gasteiger partial charge in [0.15, 0.2) is 5.96 Å². The summed E-state index contributed by atoms with van der Waals surface area (Å²) in [5.41, 5.74) is 7.94. The first kappa shape index (κ1) is 18.1. The minimum Gasteiger partial charge on any atom is -0.370 e. The van der Waals surface area contributed by atoms with E-state index in [2.05, 4.69) is 25.2 Å². The van der Waals surface area contributed by atoms with Gasteiger partial charge < -0.3 is 10.6 Å². The molecule has 0 amide bonds. The first-order valence-electron chi connectivity index (χ1n) is 9.76. The molecule has 1 saturated carbocycles. The standard InChI is InChI=1S/C20H27FN6/c1-14-16-5-4-15(21)12-17(16)25-19(24-14)26-18(22)23-9-3-10-27-11-8-20(13-27)6-2-7-20/h4-5,12H,2-3,6-11,13H2,1H3,(H3,22,23,24,25,26). The van der Waals surface area contributed by atoms with Crippen molar-refractivity contribution in [1.29, 1.82) is 0 Å². The van der Waals surface area contributed by atoms with Crippen LogP contribution in [-0.2, 0) is 0 Å². The molecule has 1 aromatic carbocycles. The van der Waals surface area contributed by atoms with E-state index in [1.165, 1.54) is 50.9 Å². The molecular formula is C20H27FN6. The van der Waals surface area contributed by atoms with Gasteiger partial charge in [-0.1, -0.05) is 6.42 Å². The molecule has 1 aromatic heterocycles. The summed E-state index contributed by atoms with van der Waals surface area (Å²) in [6.07, 6.45) is 6.57. The summed E-state index contributed by atoms with van der Waals surface area (Å²) in [5, 5.41) is 3.75. The van der Waals surface area contributed by atoms with Crippen molar-refractivity contribution in [3.05, 3.63) is 29.7 Å². The van der Waals surface area contributed by atoms with E-state index in [1.54, 1.807) is 6.07 Å². The Labute approximate surface area is 159 Å². The smallest absolute Gasteiger partial charge is 0.230 e. The van der Waals surface area contributed by atoms with Crippen molar-refractivity contribution in [3.63, 3.8) is 0 Å². The van der Waals surface area contributed by atoms with Gasteiger partial charge in [-0.3, -0.25) is 10.3 Å². The molecule has 3 N–H and O–H groups in total. The molecule has 0 unspecified atom stereocenters. The number of halogens is 1. The average Bonchev–Trinajstić information content (AvgIpc) is 3.03. The summed E-state index contributed by atoms with van der Waals surface area (Å²) in [6.45, 7) is 6.09. The van der Waals surface area contributed by atoms with Gasteiger partial charge in [-0.2, -0.15) is 0 Å². The molecule has 0 bridgehead atoms. The van der Waals surface area contributed by atoms with Gasteiger partial charge in [-0.25, -0.2) is 14.4 Å². The van der Waals surface area contributed by atoms with Crippen LogP contribution >= 0.6 is 0 Å². The topological polar surface area (TPSA) is 79.4 Å². The lowest BCUT2D eigenvalue weighted by molar-refractivity contribution is 0.139. The molecule has 1 aliphatic heterocycles. The van der Waals surface area contributed by atoms with Gasteiger partial charge in [0.25, 0.3) is 0 Å². The number of aliphatic imine (C=N–C) groups is 1. The Kier molecular flexibility index (Phi) is 4.95. The predicted octanol–water partition coefficient (Wildman–Crippen LogP) is 3.07. The Bertz CT molecular complexity index is 861. The number of guanidine groups is 1. The number of nitrogens with one attached hydrogen (secondary N) is 1. The second kappa shape index (κ2) is 7.38. The lowest BCUT2D eigenvalue weighted by atomic mass is 9.68. The number of benzene rings is 1. The summed E-state index contributed by atoms with van der Waals surface area (Å²) >= 11 is 0. The van der Waals surface area contributed by atoms with Crippen LogP contribution in [0.1, 0.15) is 37.8 Å². The minimum atomic E-state index is -0.321. The number of nitrogens with two attached hydrogens (primary N) is 1. The third kappa shape index (κ3) is 4.03. The monoisotopic (exact) mass is 370 g/mol. The Hall–Kier alpha value is -2.28. The van der Waals surface area contributed by atoms with Crippen LogP contribution < -0.4 is 11.1 Å². The van der Waals surface area contributed by atoms with Crippen LogP contribution in [-0.4, -0.2) is 47.0 Å². The number of fused-ring (bicyclic) bond motifs is 1. The van der Waals surface area contributed by atoms with Crippen molar-refractivity contribution in [2.45, 2.75) is 39.0 Å². The number of hydrogen-bond acceptors (Lipinski definition) is 4. The van der Waals surface area contributed by atoms with E-state index in [4.69, 9.17) is 5.73 Å². The summed E-state index contributed by atoms with van der Waals surface area (Å²) in [5.74, 6) is 0.319. The van der Waals surface area contributed by atoms with Gasteiger partial charge in [0.05, 0.1) is 11.2 Å². The summed E-state index contributed by atoms with van der Waals surface area (Å²) in [4.78, 5) is 15.6. The molecule has 2 aliphatic rings. The van der Waals surface area contributed by atoms with Crippen LogP contribution in [0.2, 0.25) is 0 Å². The highest BCUT2D eigenvalue weighted by atomic mass is 19.1. The van der Waals surface area contributed by atoms with E-state index in [0.29, 0.717) is 29.4 Å². The average molecular weight is 370 g/mol. The lowest BCUT2D eigenvalue weighted by Crippen LogP contribution is -2.33. The molecular weight excluding hydrogens is 343 g/mol. The predicted molar refractivity (Wildman–Crippen MR) is 106 cm³/mol. The molecule has 6 nitrogen and oxygen atoms in total. The Balaban J connectivity index is 1.29. The largest absolute Gasteiger partial charge is 0.370 e. The molecule has 2 heterocycles. The van der Waals surface area contributed by atoms with Gasteiger partial charge >= 0.3 is 0 Å². The third-order valence-electron chi connectivity index (χ3n) is 5.94. The zero-order valence-electron chi connectivity index (χ0n) is 15.8. The zero-order valence-corrected chi connectivity index (χ0v) is 15.8. The molecule has 144 valence electrons. The number of rotatable bonds is 5. The number of aromatic nitrogens is 2. The van der Waals surface area contributed by atoms with Crippen LogP contribution in [0.4, 0.5) is 10.3 Å². The molecule has 1 spiro atoms. The van der Waals surface area contributed by atoms with E-state index < -0.39 is 0 Å². The molecule has 2 aromatic rings. The fourth-order valence-electron chi connectivity index (χ4n) is 4.27. The Morgan fingerprint density at radius 2 is 2.19 bits per heavy atom. The van der Waals surface area contributed by atoms with Crippen molar-refractivity contribution in [2.24, 2.45) is 16.1 Å². The highest BCUT2D eigenvalue weighted by Gasteiger charge is 2.42. The lowest BCUT2D eigenvalue weighted by Gasteiger charge is -2.38. The Morgan fingerprint density at radius 3 is 2.93 bits per heavy atom. The van der Waals surface area contributed by atoms with E-state index >= 15 is 0 Å². The maximum Gasteiger partial charge on any atom is 0.230 e. The maximum absolute atomic E-state index is 13.4. The van der Waals surface area contributed by atoms with E-state index in [-0.39, 0.29) is 5.82 Å². The quantitative estimate of drug-likeness (QED) is 0.480. The number of anilines is 1.